The van der Waals surface area contributed by atoms with Crippen molar-refractivity contribution in [3.8, 4) is 0 Å². The van der Waals surface area contributed by atoms with Crippen molar-refractivity contribution in [3.63, 3.8) is 0 Å². The van der Waals surface area contributed by atoms with Crippen LogP contribution >= 0.6 is 0 Å². The second-order valence-corrected chi connectivity index (χ2v) is 4.43. The van der Waals surface area contributed by atoms with Crippen molar-refractivity contribution < 1.29 is 9.84 Å². The molecule has 3 aliphatic heterocycles. The van der Waals surface area contributed by atoms with Gasteiger partial charge in [0.15, 0.2) is 0 Å². The molecule has 3 rings (SSSR count). The van der Waals surface area contributed by atoms with Crippen LogP contribution in [0.25, 0.3) is 0 Å². The van der Waals surface area contributed by atoms with E-state index in [4.69, 9.17) is 9.84 Å². The summed E-state index contributed by atoms with van der Waals surface area (Å²) in [5.41, 5.74) is 0. The van der Waals surface area contributed by atoms with Gasteiger partial charge < -0.3 is 14.7 Å². The first-order chi connectivity index (χ1) is 6.29. The van der Waals surface area contributed by atoms with Gasteiger partial charge in [-0.3, -0.25) is 4.90 Å². The van der Waals surface area contributed by atoms with Gasteiger partial charge in [-0.25, -0.2) is 0 Å². The fraction of sp³-hybridized carbons (Fsp3) is 1.00. The first-order valence-corrected chi connectivity index (χ1v) is 5.02. The fourth-order valence-corrected chi connectivity index (χ4v) is 2.77. The molecule has 4 nitrogen and oxygen atoms in total. The van der Waals surface area contributed by atoms with Gasteiger partial charge in [-0.1, -0.05) is 0 Å². The normalized spacial score (nSPS) is 50.3. The van der Waals surface area contributed by atoms with Gasteiger partial charge in [-0.15, -0.1) is 0 Å². The molecular formula is C9H16N2O2. The molecule has 3 aliphatic rings. The number of epoxide rings is 1. The van der Waals surface area contributed by atoms with Crippen molar-refractivity contribution in [2.45, 2.75) is 30.8 Å². The molecule has 0 aromatic rings. The number of likely N-dealkylation sites (tertiary alicyclic amines) is 2. The van der Waals surface area contributed by atoms with Crippen LogP contribution in [0.4, 0.5) is 0 Å². The lowest BCUT2D eigenvalue weighted by Gasteiger charge is -2.30. The third-order valence-corrected chi connectivity index (χ3v) is 3.62. The molecule has 0 spiro atoms. The van der Waals surface area contributed by atoms with Gasteiger partial charge in [0.2, 0.25) is 0 Å². The van der Waals surface area contributed by atoms with Gasteiger partial charge in [0, 0.05) is 25.2 Å². The van der Waals surface area contributed by atoms with Crippen LogP contribution in [0.3, 0.4) is 0 Å². The number of piperazine rings is 1. The Kier molecular flexibility index (Phi) is 1.68. The summed E-state index contributed by atoms with van der Waals surface area (Å²) in [5.74, 6) is 0. The van der Waals surface area contributed by atoms with Gasteiger partial charge >= 0.3 is 0 Å². The third-order valence-electron chi connectivity index (χ3n) is 3.62. The SMILES string of the molecule is CN1CC2CC1CN2C1OC1CO. The van der Waals surface area contributed by atoms with Gasteiger partial charge in [-0.2, -0.15) is 0 Å². The predicted molar refractivity (Wildman–Crippen MR) is 47.3 cm³/mol. The minimum Gasteiger partial charge on any atom is -0.394 e. The van der Waals surface area contributed by atoms with E-state index in [-0.39, 0.29) is 18.9 Å². The molecule has 1 N–H and O–H groups in total. The molecule has 0 radical (unpaired) electrons. The maximum Gasteiger partial charge on any atom is 0.140 e. The molecule has 74 valence electrons. The number of ether oxygens (including phenoxy) is 1. The highest BCUT2D eigenvalue weighted by molar-refractivity contribution is 5.02. The number of hydrogen-bond acceptors (Lipinski definition) is 4. The van der Waals surface area contributed by atoms with Crippen LogP contribution in [0.15, 0.2) is 0 Å². The number of aliphatic hydroxyl groups excluding tert-OH is 1. The van der Waals surface area contributed by atoms with E-state index in [1.807, 2.05) is 0 Å². The van der Waals surface area contributed by atoms with E-state index in [0.717, 1.165) is 12.6 Å². The molecule has 0 aromatic carbocycles. The van der Waals surface area contributed by atoms with Crippen molar-refractivity contribution in [1.82, 2.24) is 9.80 Å². The molecule has 0 saturated carbocycles. The number of nitrogens with zero attached hydrogens (tertiary/aromatic N) is 2. The largest absolute Gasteiger partial charge is 0.394 e. The van der Waals surface area contributed by atoms with Crippen LogP contribution < -0.4 is 0 Å². The first kappa shape index (κ1) is 8.17. The Bertz CT molecular complexity index is 222. The van der Waals surface area contributed by atoms with Crippen molar-refractivity contribution in [1.29, 1.82) is 0 Å². The zero-order chi connectivity index (χ0) is 9.00. The standard InChI is InChI=1S/C9H16N2O2/c1-10-3-7-2-6(10)4-11(7)9-8(5-12)13-9/h6-9,12H,2-5H2,1H3. The topological polar surface area (TPSA) is 39.2 Å². The predicted octanol–water partition coefficient (Wildman–Crippen LogP) is -0.908. The number of aliphatic hydroxyl groups is 1. The van der Waals surface area contributed by atoms with Crippen LogP contribution in [-0.2, 0) is 4.74 Å². The average molecular weight is 184 g/mol. The molecule has 2 bridgehead atoms. The van der Waals surface area contributed by atoms with Gasteiger partial charge in [0.1, 0.15) is 12.3 Å². The van der Waals surface area contributed by atoms with E-state index in [1.165, 1.54) is 13.0 Å². The summed E-state index contributed by atoms with van der Waals surface area (Å²) in [6, 6.07) is 1.41. The summed E-state index contributed by atoms with van der Waals surface area (Å²) in [6.45, 7) is 2.47. The summed E-state index contributed by atoms with van der Waals surface area (Å²) < 4.78 is 5.40. The Morgan fingerprint density at radius 2 is 2.23 bits per heavy atom. The van der Waals surface area contributed by atoms with E-state index >= 15 is 0 Å². The zero-order valence-corrected chi connectivity index (χ0v) is 7.89. The van der Waals surface area contributed by atoms with Crippen LogP contribution in [0, 0.1) is 0 Å². The van der Waals surface area contributed by atoms with Crippen LogP contribution in [0.5, 0.6) is 0 Å². The Morgan fingerprint density at radius 1 is 1.38 bits per heavy atom. The zero-order valence-electron chi connectivity index (χ0n) is 7.89. The molecule has 3 heterocycles. The molecule has 0 aromatic heterocycles. The molecule has 13 heavy (non-hydrogen) atoms. The molecule has 4 unspecified atom stereocenters. The summed E-state index contributed by atoms with van der Waals surface area (Å²) in [4.78, 5) is 4.85. The highest BCUT2D eigenvalue weighted by atomic mass is 16.6. The van der Waals surface area contributed by atoms with E-state index in [1.54, 1.807) is 0 Å². The molecule has 3 saturated heterocycles. The highest BCUT2D eigenvalue weighted by Crippen LogP contribution is 2.37. The van der Waals surface area contributed by atoms with E-state index in [2.05, 4.69) is 16.8 Å². The summed E-state index contributed by atoms with van der Waals surface area (Å²) >= 11 is 0. The Labute approximate surface area is 78.1 Å². The van der Waals surface area contributed by atoms with Crippen molar-refractivity contribution in [2.75, 3.05) is 26.7 Å². The lowest BCUT2D eigenvalue weighted by molar-refractivity contribution is 0.100. The molecule has 3 fully saturated rings. The van der Waals surface area contributed by atoms with Crippen LogP contribution in [-0.4, -0.2) is 66.1 Å². The highest BCUT2D eigenvalue weighted by Gasteiger charge is 2.52. The lowest BCUT2D eigenvalue weighted by atomic mass is 10.2. The van der Waals surface area contributed by atoms with Gasteiger partial charge in [0.25, 0.3) is 0 Å². The Hall–Kier alpha value is -0.160. The number of hydrogen-bond donors (Lipinski definition) is 1. The monoisotopic (exact) mass is 184 g/mol. The van der Waals surface area contributed by atoms with E-state index < -0.39 is 0 Å². The Morgan fingerprint density at radius 3 is 2.69 bits per heavy atom. The average Bonchev–Trinajstić information content (AvgIpc) is 2.68. The molecular weight excluding hydrogens is 168 g/mol. The number of rotatable bonds is 2. The fourth-order valence-electron chi connectivity index (χ4n) is 2.77. The quantitative estimate of drug-likeness (QED) is 0.564. The minimum absolute atomic E-state index is 0.102. The van der Waals surface area contributed by atoms with Crippen LogP contribution in [0.1, 0.15) is 6.42 Å². The Balaban J connectivity index is 1.64. The van der Waals surface area contributed by atoms with Crippen LogP contribution in [0.2, 0.25) is 0 Å². The number of likely N-dealkylation sites (N-methyl/N-ethyl adjacent to an activating group) is 1. The number of fused-ring (bicyclic) bond motifs is 2. The second-order valence-electron chi connectivity index (χ2n) is 4.43. The van der Waals surface area contributed by atoms with Crippen molar-refractivity contribution in [3.05, 3.63) is 0 Å². The molecule has 4 atom stereocenters. The molecule has 4 heteroatoms. The lowest BCUT2D eigenvalue weighted by Crippen LogP contribution is -2.46. The van der Waals surface area contributed by atoms with Crippen molar-refractivity contribution in [2.24, 2.45) is 0 Å². The first-order valence-electron chi connectivity index (χ1n) is 5.02. The molecule has 0 amide bonds. The maximum absolute atomic E-state index is 8.90. The third kappa shape index (κ3) is 1.13. The van der Waals surface area contributed by atoms with Gasteiger partial charge in [-0.05, 0) is 13.5 Å². The van der Waals surface area contributed by atoms with E-state index in [0.29, 0.717) is 6.04 Å². The van der Waals surface area contributed by atoms with Crippen molar-refractivity contribution >= 4 is 0 Å². The second kappa shape index (κ2) is 2.67. The van der Waals surface area contributed by atoms with Gasteiger partial charge in [0.05, 0.1) is 6.61 Å². The summed E-state index contributed by atoms with van der Waals surface area (Å²) in [7, 11) is 2.19. The summed E-state index contributed by atoms with van der Waals surface area (Å²) in [6.07, 6.45) is 1.62. The molecule has 0 aliphatic carbocycles. The maximum atomic E-state index is 8.90. The smallest absolute Gasteiger partial charge is 0.140 e. The summed E-state index contributed by atoms with van der Waals surface area (Å²) in [5, 5.41) is 8.90. The van der Waals surface area contributed by atoms with E-state index in [9.17, 15) is 0 Å². The minimum atomic E-state index is 0.102.